The fraction of sp³-hybridized carbons (Fsp3) is 0.250. The third-order valence-electron chi connectivity index (χ3n) is 2.74. The van der Waals surface area contributed by atoms with E-state index in [-0.39, 0.29) is 5.56 Å². The number of carboxylic acid groups (broad SMARTS) is 1. The van der Waals surface area contributed by atoms with E-state index in [9.17, 15) is 9.18 Å². The van der Waals surface area contributed by atoms with Crippen molar-refractivity contribution in [3.63, 3.8) is 0 Å². The molecular formula is C12H9FN2O2S2. The average Bonchev–Trinajstić information content (AvgIpc) is 3.12. The van der Waals surface area contributed by atoms with Crippen molar-refractivity contribution in [3.05, 3.63) is 35.4 Å². The SMILES string of the molecule is O=C(O)c1cc(Sc2nc(C3CC3)ns2)ccc1F. The molecule has 1 fully saturated rings. The number of nitrogens with zero attached hydrogens (tertiary/aromatic N) is 2. The van der Waals surface area contributed by atoms with Gasteiger partial charge < -0.3 is 5.11 Å². The monoisotopic (exact) mass is 296 g/mol. The van der Waals surface area contributed by atoms with Gasteiger partial charge in [0, 0.05) is 10.8 Å². The first-order valence-electron chi connectivity index (χ1n) is 5.68. The van der Waals surface area contributed by atoms with E-state index in [2.05, 4.69) is 9.36 Å². The maximum atomic E-state index is 13.3. The molecule has 1 N–H and O–H groups in total. The standard InChI is InChI=1S/C12H9FN2O2S2/c13-9-4-3-7(5-8(9)11(16)17)18-12-14-10(15-19-12)6-1-2-6/h3-6H,1-2H2,(H,16,17). The molecule has 1 aliphatic rings. The summed E-state index contributed by atoms with van der Waals surface area (Å²) in [6.45, 7) is 0. The van der Waals surface area contributed by atoms with Crippen molar-refractivity contribution in [2.75, 3.05) is 0 Å². The quantitative estimate of drug-likeness (QED) is 0.936. The Labute approximate surface area is 116 Å². The summed E-state index contributed by atoms with van der Waals surface area (Å²) in [7, 11) is 0. The zero-order valence-electron chi connectivity index (χ0n) is 9.67. The minimum absolute atomic E-state index is 0.322. The number of halogens is 1. The highest BCUT2D eigenvalue weighted by Crippen LogP contribution is 2.40. The summed E-state index contributed by atoms with van der Waals surface area (Å²) in [4.78, 5) is 15.9. The van der Waals surface area contributed by atoms with Gasteiger partial charge in [-0.15, -0.1) is 0 Å². The summed E-state index contributed by atoms with van der Waals surface area (Å²) in [6.07, 6.45) is 2.28. The largest absolute Gasteiger partial charge is 0.478 e. The molecule has 1 aliphatic carbocycles. The minimum Gasteiger partial charge on any atom is -0.478 e. The molecule has 1 heterocycles. The highest BCUT2D eigenvalue weighted by atomic mass is 32.2. The number of benzene rings is 1. The molecule has 0 atom stereocenters. The van der Waals surface area contributed by atoms with Crippen molar-refractivity contribution in [2.24, 2.45) is 0 Å². The van der Waals surface area contributed by atoms with Crippen LogP contribution in [0, 0.1) is 5.82 Å². The van der Waals surface area contributed by atoms with Crippen LogP contribution in [0.5, 0.6) is 0 Å². The number of carbonyl (C=O) groups is 1. The van der Waals surface area contributed by atoms with Crippen molar-refractivity contribution in [1.82, 2.24) is 9.36 Å². The van der Waals surface area contributed by atoms with Gasteiger partial charge in [0.15, 0.2) is 4.34 Å². The van der Waals surface area contributed by atoms with Crippen LogP contribution in [-0.4, -0.2) is 20.4 Å². The lowest BCUT2D eigenvalue weighted by Gasteiger charge is -2.01. The van der Waals surface area contributed by atoms with Crippen LogP contribution < -0.4 is 0 Å². The minimum atomic E-state index is -1.27. The fourth-order valence-electron chi connectivity index (χ4n) is 1.60. The van der Waals surface area contributed by atoms with Crippen LogP contribution in [-0.2, 0) is 0 Å². The zero-order valence-corrected chi connectivity index (χ0v) is 11.3. The van der Waals surface area contributed by atoms with Crippen LogP contribution in [0.4, 0.5) is 4.39 Å². The summed E-state index contributed by atoms with van der Waals surface area (Å²) in [5.74, 6) is -0.634. The number of hydrogen-bond donors (Lipinski definition) is 1. The smallest absolute Gasteiger partial charge is 0.338 e. The number of hydrogen-bond acceptors (Lipinski definition) is 5. The lowest BCUT2D eigenvalue weighted by molar-refractivity contribution is 0.0691. The molecule has 0 radical (unpaired) electrons. The summed E-state index contributed by atoms with van der Waals surface area (Å²) in [5, 5.41) is 8.87. The van der Waals surface area contributed by atoms with Crippen molar-refractivity contribution in [3.8, 4) is 0 Å². The van der Waals surface area contributed by atoms with E-state index in [1.54, 1.807) is 6.07 Å². The molecule has 98 valence electrons. The molecule has 1 aromatic carbocycles. The Morgan fingerprint density at radius 2 is 2.26 bits per heavy atom. The molecule has 3 rings (SSSR count). The first-order valence-corrected chi connectivity index (χ1v) is 7.27. The third kappa shape index (κ3) is 2.76. The topological polar surface area (TPSA) is 63.1 Å². The van der Waals surface area contributed by atoms with Crippen LogP contribution in [0.25, 0.3) is 0 Å². The van der Waals surface area contributed by atoms with Crippen LogP contribution in [0.2, 0.25) is 0 Å². The van der Waals surface area contributed by atoms with Gasteiger partial charge in [0.1, 0.15) is 11.6 Å². The summed E-state index contributed by atoms with van der Waals surface area (Å²) >= 11 is 2.60. The molecule has 0 saturated heterocycles. The van der Waals surface area contributed by atoms with Crippen LogP contribution in [0.15, 0.2) is 27.4 Å². The normalized spacial score (nSPS) is 14.6. The maximum Gasteiger partial charge on any atom is 0.338 e. The van der Waals surface area contributed by atoms with Gasteiger partial charge in [-0.3, -0.25) is 0 Å². The van der Waals surface area contributed by atoms with Gasteiger partial charge in [-0.2, -0.15) is 4.37 Å². The Balaban J connectivity index is 1.81. The van der Waals surface area contributed by atoms with Gasteiger partial charge in [-0.1, -0.05) is 11.8 Å². The summed E-state index contributed by atoms with van der Waals surface area (Å²) in [5.41, 5.74) is -0.322. The molecule has 0 unspecified atom stereocenters. The maximum absolute atomic E-state index is 13.3. The summed E-state index contributed by atoms with van der Waals surface area (Å²) in [6, 6.07) is 4.03. The van der Waals surface area contributed by atoms with Gasteiger partial charge in [-0.05, 0) is 42.6 Å². The van der Waals surface area contributed by atoms with Crippen LogP contribution in [0.1, 0.15) is 34.9 Å². The second-order valence-electron chi connectivity index (χ2n) is 4.24. The van der Waals surface area contributed by atoms with E-state index in [4.69, 9.17) is 5.11 Å². The van der Waals surface area contributed by atoms with Gasteiger partial charge in [-0.25, -0.2) is 14.2 Å². The number of aromatic carboxylic acids is 1. The third-order valence-corrected chi connectivity index (χ3v) is 4.49. The van der Waals surface area contributed by atoms with Crippen molar-refractivity contribution >= 4 is 29.3 Å². The lowest BCUT2D eigenvalue weighted by Crippen LogP contribution is -2.00. The van der Waals surface area contributed by atoms with Crippen molar-refractivity contribution in [1.29, 1.82) is 0 Å². The zero-order chi connectivity index (χ0) is 13.4. The highest BCUT2D eigenvalue weighted by Gasteiger charge is 2.27. The van der Waals surface area contributed by atoms with E-state index < -0.39 is 11.8 Å². The Kier molecular flexibility index (Phi) is 3.24. The van der Waals surface area contributed by atoms with Gasteiger partial charge in [0.05, 0.1) is 5.56 Å². The molecule has 4 nitrogen and oxygen atoms in total. The van der Waals surface area contributed by atoms with E-state index in [0.29, 0.717) is 10.8 Å². The van der Waals surface area contributed by atoms with Crippen molar-refractivity contribution in [2.45, 2.75) is 28.0 Å². The second kappa shape index (κ2) is 4.90. The molecule has 0 spiro atoms. The van der Waals surface area contributed by atoms with E-state index in [1.807, 2.05) is 0 Å². The van der Waals surface area contributed by atoms with Crippen LogP contribution >= 0.6 is 23.3 Å². The van der Waals surface area contributed by atoms with Gasteiger partial charge in [0.2, 0.25) is 0 Å². The van der Waals surface area contributed by atoms with Gasteiger partial charge >= 0.3 is 5.97 Å². The molecule has 19 heavy (non-hydrogen) atoms. The summed E-state index contributed by atoms with van der Waals surface area (Å²) < 4.78 is 18.3. The van der Waals surface area contributed by atoms with E-state index in [1.165, 1.54) is 29.4 Å². The second-order valence-corrected chi connectivity index (χ2v) is 6.31. The number of aromatic nitrogens is 2. The Morgan fingerprint density at radius 3 is 2.95 bits per heavy atom. The molecule has 0 amide bonds. The first kappa shape index (κ1) is 12.6. The number of rotatable bonds is 4. The first-order chi connectivity index (χ1) is 9.13. The fourth-order valence-corrected chi connectivity index (χ4v) is 3.30. The van der Waals surface area contributed by atoms with Crippen molar-refractivity contribution < 1.29 is 14.3 Å². The highest BCUT2D eigenvalue weighted by molar-refractivity contribution is 8.01. The number of carboxylic acids is 1. The Morgan fingerprint density at radius 1 is 1.47 bits per heavy atom. The van der Waals surface area contributed by atoms with Crippen LogP contribution in [0.3, 0.4) is 0 Å². The van der Waals surface area contributed by atoms with E-state index >= 15 is 0 Å². The average molecular weight is 296 g/mol. The molecule has 0 bridgehead atoms. The molecule has 0 aliphatic heterocycles. The molecule has 1 aromatic heterocycles. The Hall–Kier alpha value is -1.47. The Bertz CT molecular complexity index is 640. The predicted octanol–water partition coefficient (Wildman–Crippen LogP) is 3.40. The molecule has 2 aromatic rings. The van der Waals surface area contributed by atoms with Gasteiger partial charge in [0.25, 0.3) is 0 Å². The predicted molar refractivity (Wildman–Crippen MR) is 69.4 cm³/mol. The molecular weight excluding hydrogens is 287 g/mol. The van der Waals surface area contributed by atoms with E-state index in [0.717, 1.165) is 29.1 Å². The molecule has 1 saturated carbocycles. The lowest BCUT2D eigenvalue weighted by atomic mass is 10.2. The molecule has 7 heteroatoms.